The minimum atomic E-state index is 0.569. The Morgan fingerprint density at radius 3 is 0.400 bits per heavy atom. The van der Waals surface area contributed by atoms with E-state index in [2.05, 4.69) is 0 Å². The molecule has 0 rings (SSSR count). The van der Waals surface area contributed by atoms with E-state index in [1.54, 1.807) is 0 Å². The van der Waals surface area contributed by atoms with Crippen LogP contribution in [0, 0.1) is 59.6 Å². The van der Waals surface area contributed by atoms with Crippen molar-refractivity contribution in [3.63, 3.8) is 0 Å². The van der Waals surface area contributed by atoms with Crippen LogP contribution in [-0.4, -0.2) is 0 Å². The van der Waals surface area contributed by atoms with Crippen LogP contribution >= 0.6 is 20.4 Å². The Hall–Kier alpha value is -1.33. The molecule has 0 unspecified atom stereocenters. The van der Waals surface area contributed by atoms with Crippen molar-refractivity contribution in [2.45, 2.75) is 0 Å². The summed E-state index contributed by atoms with van der Waals surface area (Å²) in [5, 5.41) is 0. The van der Waals surface area contributed by atoms with E-state index in [4.69, 9.17) is 80.0 Å². The molecule has 0 N–H and O–H groups in total. The molecular formula is Cl2NiO12. The third-order valence-corrected chi connectivity index (χ3v) is 0. The molecule has 0 amide bonds. The first kappa shape index (κ1) is 49.3. The molecule has 0 heterocycles. The van der Waals surface area contributed by atoms with Crippen LogP contribution in [-0.2, 0) is 12.7 Å². The fraction of sp³-hybridized carbons (Fsp3) is 0. The summed E-state index contributed by atoms with van der Waals surface area (Å²) in [7, 11) is 9.40. The quantitative estimate of drug-likeness (QED) is 0.585. The average molecular weight is 322 g/mol. The minimum absolute atomic E-state index is 0.569. The number of halogens is 2. The summed E-state index contributed by atoms with van der Waals surface area (Å²) in [6.07, 6.45) is 0. The molecule has 15 heavy (non-hydrogen) atoms. The summed E-state index contributed by atoms with van der Waals surface area (Å²) in [4.78, 5) is 84.0. The Bertz CT molecular complexity index is 37.4. The van der Waals surface area contributed by atoms with Crippen molar-refractivity contribution in [2.24, 2.45) is 0 Å². The first-order valence-electron chi connectivity index (χ1n) is 1.24. The van der Waals surface area contributed by atoms with Gasteiger partial charge in [-0.15, -0.1) is 0 Å². The van der Waals surface area contributed by atoms with Crippen LogP contribution < -0.4 is 0 Å². The van der Waals surface area contributed by atoms with Gasteiger partial charge in [-0.1, -0.05) is 0 Å². The summed E-state index contributed by atoms with van der Waals surface area (Å²) in [6, 6.07) is 0. The normalized spacial score (nSPS) is 3.07. The zero-order valence-corrected chi connectivity index (χ0v) is 8.47. The standard InChI is InChI=1S/2ClH.Ni.6O2/c;;;6*1-2/h2*1H;;;;;;;/q;;+2;;;;;;/p-2. The number of rotatable bonds is 0. The molecular weight excluding hydrogens is 322 g/mol. The topological polar surface area (TPSA) is 205 Å². The molecule has 0 aromatic heterocycles. The molecule has 0 aliphatic carbocycles. The van der Waals surface area contributed by atoms with Gasteiger partial charge < -0.3 is 0 Å². The van der Waals surface area contributed by atoms with E-state index in [-0.39, 0.29) is 0 Å². The molecule has 0 aliphatic rings. The van der Waals surface area contributed by atoms with Gasteiger partial charge in [0.15, 0.2) is 0 Å². The fourth-order valence-corrected chi connectivity index (χ4v) is 0. The van der Waals surface area contributed by atoms with Gasteiger partial charge in [-0.3, -0.25) is 0 Å². The summed E-state index contributed by atoms with van der Waals surface area (Å²) >= 11 is 0.569. The molecule has 0 saturated carbocycles. The molecule has 0 saturated heterocycles. The van der Waals surface area contributed by atoms with Crippen molar-refractivity contribution in [3.05, 3.63) is 59.6 Å². The van der Waals surface area contributed by atoms with Crippen molar-refractivity contribution < 1.29 is 12.7 Å². The molecule has 0 bridgehead atoms. The SMILES string of the molecule is O=O.O=O.O=O.O=O.O=O.O=O.[Cl][Ni][Cl]. The molecule has 0 aliphatic heterocycles. The van der Waals surface area contributed by atoms with Crippen LogP contribution in [0.5, 0.6) is 0 Å². The van der Waals surface area contributed by atoms with Gasteiger partial charge in [-0.25, -0.2) is 0 Å². The van der Waals surface area contributed by atoms with Gasteiger partial charge in [0, 0.05) is 59.6 Å². The van der Waals surface area contributed by atoms with Crippen LogP contribution in [0.15, 0.2) is 0 Å². The van der Waals surface area contributed by atoms with Gasteiger partial charge in [0.1, 0.15) is 0 Å². The Balaban J connectivity index is -0.0000000101. The van der Waals surface area contributed by atoms with Crippen LogP contribution in [0.3, 0.4) is 0 Å². The molecule has 0 spiro atoms. The zero-order valence-electron chi connectivity index (χ0n) is 5.97. The van der Waals surface area contributed by atoms with E-state index in [9.17, 15) is 0 Å². The van der Waals surface area contributed by atoms with Crippen molar-refractivity contribution in [1.82, 2.24) is 0 Å². The Morgan fingerprint density at radius 1 is 0.400 bits per heavy atom. The zero-order chi connectivity index (χ0) is 14.7. The molecule has 12 nitrogen and oxygen atoms in total. The van der Waals surface area contributed by atoms with E-state index in [0.717, 1.165) is 0 Å². The first-order valence-corrected chi connectivity index (χ1v) is 3.96. The van der Waals surface area contributed by atoms with E-state index in [1.807, 2.05) is 0 Å². The van der Waals surface area contributed by atoms with Crippen LogP contribution in [0.4, 0.5) is 0 Å². The first-order chi connectivity index (χ1) is 7.41. The summed E-state index contributed by atoms with van der Waals surface area (Å²) in [5.41, 5.74) is 0. The monoisotopic (exact) mass is 320 g/mol. The molecule has 0 fully saturated rings. The van der Waals surface area contributed by atoms with E-state index in [1.165, 1.54) is 0 Å². The summed E-state index contributed by atoms with van der Waals surface area (Å²) in [6.45, 7) is 0. The van der Waals surface area contributed by atoms with E-state index < -0.39 is 0 Å². The summed E-state index contributed by atoms with van der Waals surface area (Å²) in [5.74, 6) is 0. The Kier molecular flexibility index (Phi) is 53300. The van der Waals surface area contributed by atoms with Gasteiger partial charge in [0.05, 0.1) is 0 Å². The summed E-state index contributed by atoms with van der Waals surface area (Å²) < 4.78 is 0. The number of hydrogen-bond acceptors (Lipinski definition) is 12. The predicted molar refractivity (Wildman–Crippen MR) is 52.1 cm³/mol. The van der Waals surface area contributed by atoms with E-state index >= 15 is 0 Å². The molecule has 0 radical (unpaired) electrons. The maximum absolute atomic E-state index is 7.00. The molecule has 0 aromatic carbocycles. The molecule has 96 valence electrons. The van der Waals surface area contributed by atoms with Crippen LogP contribution in [0.25, 0.3) is 0 Å². The average Bonchev–Trinajstić information content (AvgIpc) is 2.44. The van der Waals surface area contributed by atoms with Crippen molar-refractivity contribution in [2.75, 3.05) is 0 Å². The van der Waals surface area contributed by atoms with Crippen LogP contribution in [0.2, 0.25) is 0 Å². The van der Waals surface area contributed by atoms with Gasteiger partial charge in [-0.05, 0) is 0 Å². The van der Waals surface area contributed by atoms with Gasteiger partial charge in [-0.2, -0.15) is 0 Å². The van der Waals surface area contributed by atoms with Crippen molar-refractivity contribution >= 4 is 20.4 Å². The molecule has 15 heteroatoms. The second kappa shape index (κ2) is 16200. The third kappa shape index (κ3) is 821. The predicted octanol–water partition coefficient (Wildman–Crippen LogP) is 1.78. The van der Waals surface area contributed by atoms with E-state index in [0.29, 0.717) is 12.7 Å². The third-order valence-electron chi connectivity index (χ3n) is 0. The van der Waals surface area contributed by atoms with Gasteiger partial charge >= 0.3 is 33.0 Å². The second-order valence-corrected chi connectivity index (χ2v) is 1.68. The van der Waals surface area contributed by atoms with Crippen molar-refractivity contribution in [1.29, 1.82) is 0 Å². The molecule has 0 atom stereocenters. The van der Waals surface area contributed by atoms with Crippen LogP contribution in [0.1, 0.15) is 0 Å². The fourth-order valence-electron chi connectivity index (χ4n) is 0. The maximum atomic E-state index is 7.00. The second-order valence-electron chi connectivity index (χ2n) is 0.0452. The Labute approximate surface area is 93.1 Å². The van der Waals surface area contributed by atoms with Crippen molar-refractivity contribution in [3.8, 4) is 0 Å². The van der Waals surface area contributed by atoms with Gasteiger partial charge in [0.25, 0.3) is 0 Å². The Morgan fingerprint density at radius 2 is 0.400 bits per heavy atom. The number of hydrogen-bond donors (Lipinski definition) is 0. The molecule has 0 aromatic rings. The van der Waals surface area contributed by atoms with Gasteiger partial charge in [0.2, 0.25) is 0 Å².